The highest BCUT2D eigenvalue weighted by molar-refractivity contribution is 5.81. The van der Waals surface area contributed by atoms with Crippen LogP contribution in [-0.2, 0) is 75.9 Å². The predicted octanol–water partition coefficient (Wildman–Crippen LogP) is 3.41. The standard InChI is InChI=1S/C42H74N4O16.C39H69N5O15/c1-23-21-26(44-33(51)27(48)18-19-43-36(52)60-39(2,3)4)31(59-35-29(50)32(42(11,55)22-56-35)46(12)38(54)62-41(8,9)10)28(49)30(23)58-34-25(45-37(53)61-40(5,6)7)17-16-24(57-34)15-13-14-20-47;1-20-17-23(42-30(48)24(45)15-16-41-33(49)57-36(2,3)4)28(56-32-26(47)29(39(11,52)19-53-32)44(12)35(51)59-38(8,9)10)25(46)27(20)55-31-22(14-13-21(18-40)54-31)43-34(50)58-37(5,6)7/h16,23,25-32,34-35,47-50,55H,13-15,17-22H2,1-12H3,(H,43,52)(H,44,51)(H,45,53);13,20,22-29,31-32,45-47,52H,14-19,40H2,1-12H3,(H,41,49)(H,42,48)(H,43,50). The van der Waals surface area contributed by atoms with Crippen molar-refractivity contribution in [1.82, 2.24) is 41.7 Å². The molecule has 4 aliphatic heterocycles. The second kappa shape index (κ2) is 43.7. The number of hydrogen-bond donors (Lipinski definition) is 16. The lowest BCUT2D eigenvalue weighted by Gasteiger charge is -2.50. The number of likely N-dealkylation sites (N-methyl/N-ethyl adjacent to an activating group) is 2. The number of aliphatic hydroxyl groups is 9. The number of nitrogens with two attached hydrogens (primary N) is 1. The maximum absolute atomic E-state index is 13.5. The third kappa shape index (κ3) is 33.5. The van der Waals surface area contributed by atoms with Crippen LogP contribution in [0.5, 0.6) is 0 Å². The molecule has 0 aromatic heterocycles. The van der Waals surface area contributed by atoms with Gasteiger partial charge in [-0.15, -0.1) is 0 Å². The molecule has 121 heavy (non-hydrogen) atoms. The van der Waals surface area contributed by atoms with E-state index in [0.29, 0.717) is 30.8 Å². The summed E-state index contributed by atoms with van der Waals surface area (Å²) in [5, 5.41) is 117. The number of allylic oxidation sites excluding steroid dienone is 1. The minimum absolute atomic E-state index is 0.00407. The number of rotatable bonds is 27. The van der Waals surface area contributed by atoms with Crippen LogP contribution in [0.1, 0.15) is 210 Å². The zero-order valence-corrected chi connectivity index (χ0v) is 74.9. The van der Waals surface area contributed by atoms with E-state index in [2.05, 4.69) is 31.9 Å². The van der Waals surface area contributed by atoms with Crippen molar-refractivity contribution in [3.8, 4) is 0 Å². The molecule has 4 fully saturated rings. The molecule has 8 amide bonds. The van der Waals surface area contributed by atoms with Crippen LogP contribution < -0.4 is 37.6 Å². The Morgan fingerprint density at radius 2 is 0.793 bits per heavy atom. The molecule has 6 aliphatic rings. The summed E-state index contributed by atoms with van der Waals surface area (Å²) in [5.41, 5.74) is -2.62. The van der Waals surface area contributed by atoms with Crippen LogP contribution in [-0.4, -0.2) is 325 Å². The molecule has 0 aromatic carbocycles. The van der Waals surface area contributed by atoms with Crippen LogP contribution in [0.4, 0.5) is 28.8 Å². The molecule has 2 saturated heterocycles. The Hall–Kier alpha value is -7.00. The van der Waals surface area contributed by atoms with Crippen LogP contribution >= 0.6 is 0 Å². The van der Waals surface area contributed by atoms with Crippen molar-refractivity contribution in [2.24, 2.45) is 17.6 Å². The van der Waals surface area contributed by atoms with Crippen LogP contribution in [0.25, 0.3) is 0 Å². The number of nitrogens with one attached hydrogen (secondary N) is 6. The zero-order valence-electron chi connectivity index (χ0n) is 74.9. The Morgan fingerprint density at radius 1 is 0.471 bits per heavy atom. The SMILES string of the molecule is CC1CC(NC(=O)C(O)CCNC(=O)OC(C)(C)C)C(OC2OCC(C)(O)C(N(C)C(=O)OC(C)(C)C)C2O)C(O)C1OC1OC(CCCCO)=CCC1NC(=O)OC(C)(C)C.CC1CC(NC(=O)C(O)CCNC(=O)OC(C)(C)C)C(OC2OCC(C)(O)C(N(C)C(=O)OC(C)(C)C)C2O)C(O)C1OC1OC(CN)=CCC1NC(=O)OC(C)(C)C. The van der Waals surface area contributed by atoms with Gasteiger partial charge in [-0.1, -0.05) is 13.8 Å². The number of hydrogen-bond acceptors (Lipinski definition) is 32. The number of nitrogens with zero attached hydrogens (tertiary/aromatic N) is 2. The van der Waals surface area contributed by atoms with Crippen molar-refractivity contribution in [1.29, 1.82) is 0 Å². The lowest BCUT2D eigenvalue weighted by molar-refractivity contribution is -0.313. The fourth-order valence-electron chi connectivity index (χ4n) is 14.4. The minimum Gasteiger partial charge on any atom is -0.467 e. The molecular formula is C81H143N9O31. The van der Waals surface area contributed by atoms with Crippen LogP contribution in [0, 0.1) is 11.8 Å². The van der Waals surface area contributed by atoms with E-state index in [0.717, 1.165) is 9.80 Å². The molecule has 0 spiro atoms. The third-order valence-corrected chi connectivity index (χ3v) is 19.7. The normalized spacial score (nSPS) is 31.6. The minimum atomic E-state index is -1.79. The molecule has 4 heterocycles. The smallest absolute Gasteiger partial charge is 0.410 e. The van der Waals surface area contributed by atoms with Crippen LogP contribution in [0.2, 0.25) is 0 Å². The molecule has 40 nitrogen and oxygen atoms in total. The first-order valence-electron chi connectivity index (χ1n) is 41.4. The quantitative estimate of drug-likeness (QED) is 0.0414. The number of unbranched alkanes of at least 4 members (excludes halogenated alkanes) is 1. The molecule has 0 bridgehead atoms. The highest BCUT2D eigenvalue weighted by Crippen LogP contribution is 2.40. The Balaban J connectivity index is 0.000000431. The van der Waals surface area contributed by atoms with Gasteiger partial charge in [0.1, 0.15) is 99.4 Å². The topological polar surface area (TPSA) is 553 Å². The van der Waals surface area contributed by atoms with Gasteiger partial charge in [0.05, 0.1) is 74.0 Å². The second-order valence-corrected chi connectivity index (χ2v) is 38.3. The van der Waals surface area contributed by atoms with Gasteiger partial charge in [0, 0.05) is 40.2 Å². The summed E-state index contributed by atoms with van der Waals surface area (Å²) in [6.45, 7) is 35.7. The maximum atomic E-state index is 13.5. The lowest BCUT2D eigenvalue weighted by atomic mass is 9.79. The van der Waals surface area contributed by atoms with E-state index in [1.54, 1.807) is 145 Å². The first-order valence-corrected chi connectivity index (χ1v) is 41.4. The molecule has 0 radical (unpaired) electrons. The molecule has 24 atom stereocenters. The number of amides is 8. The monoisotopic (exact) mass is 1740 g/mol. The Bertz CT molecular complexity index is 3440. The van der Waals surface area contributed by atoms with E-state index < -0.39 is 241 Å². The summed E-state index contributed by atoms with van der Waals surface area (Å²) >= 11 is 0. The van der Waals surface area contributed by atoms with Gasteiger partial charge in [-0.05, 0) is 214 Å². The molecule has 40 heteroatoms. The molecule has 0 aromatic rings. The van der Waals surface area contributed by atoms with Crippen LogP contribution in [0.15, 0.2) is 23.7 Å². The summed E-state index contributed by atoms with van der Waals surface area (Å²) in [6.07, 6.45) is -19.5. The largest absolute Gasteiger partial charge is 0.467 e. The van der Waals surface area contributed by atoms with Crippen molar-refractivity contribution in [2.45, 2.75) is 377 Å². The van der Waals surface area contributed by atoms with Gasteiger partial charge in [0.15, 0.2) is 12.6 Å². The van der Waals surface area contributed by atoms with Gasteiger partial charge in [-0.2, -0.15) is 0 Å². The first kappa shape index (κ1) is 105. The van der Waals surface area contributed by atoms with Crippen molar-refractivity contribution < 1.29 is 151 Å². The third-order valence-electron chi connectivity index (χ3n) is 19.7. The Morgan fingerprint density at radius 3 is 1.12 bits per heavy atom. The fraction of sp³-hybridized carbons (Fsp3) is 0.852. The van der Waals surface area contributed by atoms with E-state index in [-0.39, 0.29) is 64.8 Å². The van der Waals surface area contributed by atoms with Crippen molar-refractivity contribution >= 4 is 48.4 Å². The molecule has 17 N–H and O–H groups in total. The number of aliphatic hydroxyl groups excluding tert-OH is 7. The van der Waals surface area contributed by atoms with Crippen molar-refractivity contribution in [3.63, 3.8) is 0 Å². The second-order valence-electron chi connectivity index (χ2n) is 38.3. The zero-order chi connectivity index (χ0) is 91.8. The number of alkyl carbamates (subject to hydrolysis) is 4. The Kier molecular flexibility index (Phi) is 37.8. The molecule has 2 aliphatic carbocycles. The number of ether oxygens (including phenoxy) is 14. The summed E-state index contributed by atoms with van der Waals surface area (Å²) in [5.74, 6) is -1.84. The van der Waals surface area contributed by atoms with Crippen molar-refractivity contribution in [3.05, 3.63) is 23.7 Å². The Labute approximate surface area is 710 Å². The van der Waals surface area contributed by atoms with Gasteiger partial charge in [0.25, 0.3) is 0 Å². The van der Waals surface area contributed by atoms with E-state index >= 15 is 0 Å². The summed E-state index contributed by atoms with van der Waals surface area (Å²) in [6, 6.07) is -6.30. The highest BCUT2D eigenvalue weighted by atomic mass is 16.7. The fourth-order valence-corrected chi connectivity index (χ4v) is 14.4. The van der Waals surface area contributed by atoms with E-state index in [9.17, 15) is 84.3 Å². The van der Waals surface area contributed by atoms with Gasteiger partial charge in [0.2, 0.25) is 24.4 Å². The molecule has 24 unspecified atom stereocenters. The van der Waals surface area contributed by atoms with Crippen LogP contribution in [0.3, 0.4) is 0 Å². The first-order chi connectivity index (χ1) is 55.5. The van der Waals surface area contributed by atoms with Crippen molar-refractivity contribution in [2.75, 3.05) is 53.6 Å². The van der Waals surface area contributed by atoms with E-state index in [4.69, 9.17) is 72.0 Å². The molecular weight excluding hydrogens is 1590 g/mol. The predicted molar refractivity (Wildman–Crippen MR) is 432 cm³/mol. The average Bonchev–Trinajstić information content (AvgIpc) is 0.767. The summed E-state index contributed by atoms with van der Waals surface area (Å²) in [7, 11) is 2.69. The number of carbonyl (C=O) groups excluding carboxylic acids is 8. The summed E-state index contributed by atoms with van der Waals surface area (Å²) < 4.78 is 81.8. The van der Waals surface area contributed by atoms with Gasteiger partial charge < -0.3 is 160 Å². The van der Waals surface area contributed by atoms with Gasteiger partial charge in [-0.3, -0.25) is 9.59 Å². The summed E-state index contributed by atoms with van der Waals surface area (Å²) in [4.78, 5) is 105. The van der Waals surface area contributed by atoms with Gasteiger partial charge in [-0.25, -0.2) is 28.8 Å². The van der Waals surface area contributed by atoms with E-state index in [1.807, 2.05) is 6.08 Å². The maximum Gasteiger partial charge on any atom is 0.410 e. The average molecular weight is 1740 g/mol. The highest BCUT2D eigenvalue weighted by Gasteiger charge is 2.57. The molecule has 6 rings (SSSR count). The molecule has 2 saturated carbocycles. The van der Waals surface area contributed by atoms with Gasteiger partial charge >= 0.3 is 36.6 Å². The number of carbonyl (C=O) groups is 8. The molecule has 698 valence electrons. The lowest BCUT2D eigenvalue weighted by Crippen LogP contribution is -2.69. The van der Waals surface area contributed by atoms with E-state index in [1.165, 1.54) is 27.9 Å².